The number of amides is 2. The van der Waals surface area contributed by atoms with Crippen molar-refractivity contribution in [3.8, 4) is 0 Å². The van der Waals surface area contributed by atoms with Crippen LogP contribution in [0.2, 0.25) is 0 Å². The molecular formula is C15H18FN5O3. The number of likely N-dealkylation sites (tertiary alicyclic amines) is 1. The summed E-state index contributed by atoms with van der Waals surface area (Å²) >= 11 is 0. The van der Waals surface area contributed by atoms with Gasteiger partial charge in [0.15, 0.2) is 0 Å². The first-order valence-corrected chi connectivity index (χ1v) is 7.57. The van der Waals surface area contributed by atoms with E-state index in [1.54, 1.807) is 13.8 Å². The molecule has 24 heavy (non-hydrogen) atoms. The number of nitrogens with zero attached hydrogens (tertiary/aromatic N) is 3. The summed E-state index contributed by atoms with van der Waals surface area (Å²) in [5, 5.41) is 22.4. The maximum Gasteiger partial charge on any atom is 0.256 e. The number of hydrogen-bond donors (Lipinski definition) is 3. The van der Waals surface area contributed by atoms with Gasteiger partial charge >= 0.3 is 0 Å². The van der Waals surface area contributed by atoms with Crippen LogP contribution in [0.1, 0.15) is 24.2 Å². The van der Waals surface area contributed by atoms with Gasteiger partial charge in [0.25, 0.3) is 5.91 Å². The summed E-state index contributed by atoms with van der Waals surface area (Å²) in [6, 6.07) is 2.30. The van der Waals surface area contributed by atoms with Crippen molar-refractivity contribution in [1.29, 1.82) is 0 Å². The van der Waals surface area contributed by atoms with Crippen molar-refractivity contribution in [2.24, 2.45) is 5.92 Å². The monoisotopic (exact) mass is 335 g/mol. The smallest absolute Gasteiger partial charge is 0.256 e. The molecule has 2 aromatic rings. The highest BCUT2D eigenvalue weighted by molar-refractivity contribution is 6.05. The number of hydrogen-bond acceptors (Lipinski definition) is 5. The number of nitrogens with one attached hydrogen (secondary N) is 2. The van der Waals surface area contributed by atoms with Gasteiger partial charge in [-0.25, -0.2) is 4.39 Å². The van der Waals surface area contributed by atoms with E-state index in [-0.39, 0.29) is 48.1 Å². The van der Waals surface area contributed by atoms with Gasteiger partial charge in [0, 0.05) is 25.1 Å². The van der Waals surface area contributed by atoms with Gasteiger partial charge in [-0.3, -0.25) is 9.59 Å². The number of aliphatic hydroxyl groups excluding tert-OH is 1. The molecule has 1 aromatic carbocycles. The van der Waals surface area contributed by atoms with E-state index in [0.29, 0.717) is 0 Å². The maximum absolute atomic E-state index is 13.7. The average molecular weight is 335 g/mol. The Kier molecular flexibility index (Phi) is 3.96. The number of aromatic amines is 1. The zero-order valence-corrected chi connectivity index (χ0v) is 13.3. The summed E-state index contributed by atoms with van der Waals surface area (Å²) in [7, 11) is 0. The first kappa shape index (κ1) is 16.3. The first-order chi connectivity index (χ1) is 11.3. The van der Waals surface area contributed by atoms with Crippen LogP contribution in [0.15, 0.2) is 12.1 Å². The van der Waals surface area contributed by atoms with Crippen LogP contribution in [-0.4, -0.2) is 62.5 Å². The van der Waals surface area contributed by atoms with Crippen LogP contribution in [0, 0.1) is 11.7 Å². The number of carbonyl (C=O) groups is 2. The Morgan fingerprint density at radius 3 is 2.75 bits per heavy atom. The second-order valence-corrected chi connectivity index (χ2v) is 6.39. The molecule has 1 fully saturated rings. The Morgan fingerprint density at radius 1 is 1.42 bits per heavy atom. The Balaban J connectivity index is 1.78. The minimum absolute atomic E-state index is 0.0977. The third-order valence-electron chi connectivity index (χ3n) is 4.11. The van der Waals surface area contributed by atoms with E-state index in [1.165, 1.54) is 11.0 Å². The summed E-state index contributed by atoms with van der Waals surface area (Å²) in [6.07, 6.45) is 0. The van der Waals surface area contributed by atoms with E-state index in [9.17, 15) is 19.1 Å². The van der Waals surface area contributed by atoms with E-state index in [2.05, 4.69) is 20.7 Å². The molecule has 0 radical (unpaired) electrons. The van der Waals surface area contributed by atoms with Crippen LogP contribution in [0.25, 0.3) is 11.0 Å². The molecule has 9 heteroatoms. The van der Waals surface area contributed by atoms with Gasteiger partial charge in [-0.15, -0.1) is 0 Å². The lowest BCUT2D eigenvalue weighted by atomic mass is 9.89. The van der Waals surface area contributed by atoms with E-state index in [1.807, 2.05) is 0 Å². The minimum atomic E-state index is -0.854. The normalized spacial score (nSPS) is 16.3. The highest BCUT2D eigenvalue weighted by Gasteiger charge is 2.46. The number of rotatable bonds is 4. The molecular weight excluding hydrogens is 317 g/mol. The molecule has 0 spiro atoms. The average Bonchev–Trinajstić information content (AvgIpc) is 2.96. The second-order valence-electron chi connectivity index (χ2n) is 6.39. The van der Waals surface area contributed by atoms with Gasteiger partial charge in [0.2, 0.25) is 5.91 Å². The van der Waals surface area contributed by atoms with Gasteiger partial charge in [0.1, 0.15) is 16.9 Å². The van der Waals surface area contributed by atoms with Crippen molar-refractivity contribution in [3.63, 3.8) is 0 Å². The van der Waals surface area contributed by atoms with E-state index >= 15 is 0 Å². The fourth-order valence-corrected chi connectivity index (χ4v) is 2.70. The van der Waals surface area contributed by atoms with Crippen LogP contribution >= 0.6 is 0 Å². The van der Waals surface area contributed by atoms with E-state index in [4.69, 9.17) is 0 Å². The minimum Gasteiger partial charge on any atom is -0.394 e. The molecule has 3 rings (SSSR count). The molecule has 0 saturated carbocycles. The highest BCUT2D eigenvalue weighted by atomic mass is 19.1. The first-order valence-electron chi connectivity index (χ1n) is 7.57. The summed E-state index contributed by atoms with van der Waals surface area (Å²) in [5.74, 6) is -1.42. The van der Waals surface area contributed by atoms with Gasteiger partial charge < -0.3 is 15.3 Å². The zero-order chi connectivity index (χ0) is 17.5. The van der Waals surface area contributed by atoms with Gasteiger partial charge in [-0.2, -0.15) is 15.4 Å². The van der Waals surface area contributed by atoms with Crippen LogP contribution in [0.4, 0.5) is 4.39 Å². The van der Waals surface area contributed by atoms with Crippen molar-refractivity contribution in [2.75, 3.05) is 19.7 Å². The van der Waals surface area contributed by atoms with Crippen molar-refractivity contribution in [1.82, 2.24) is 25.6 Å². The van der Waals surface area contributed by atoms with Gasteiger partial charge in [0.05, 0.1) is 17.7 Å². The Bertz CT molecular complexity index is 798. The summed E-state index contributed by atoms with van der Waals surface area (Å²) < 4.78 is 13.7. The van der Waals surface area contributed by atoms with Crippen LogP contribution < -0.4 is 5.32 Å². The summed E-state index contributed by atoms with van der Waals surface area (Å²) in [4.78, 5) is 25.9. The molecule has 1 aliphatic heterocycles. The molecule has 0 aliphatic carbocycles. The van der Waals surface area contributed by atoms with Crippen LogP contribution in [-0.2, 0) is 4.79 Å². The quantitative estimate of drug-likeness (QED) is 0.731. The Morgan fingerprint density at radius 2 is 2.12 bits per heavy atom. The largest absolute Gasteiger partial charge is 0.394 e. The maximum atomic E-state index is 13.7. The van der Waals surface area contributed by atoms with E-state index in [0.717, 1.165) is 6.07 Å². The fraction of sp³-hybridized carbons (Fsp3) is 0.467. The Hall–Kier alpha value is -2.55. The van der Waals surface area contributed by atoms with E-state index < -0.39 is 17.3 Å². The summed E-state index contributed by atoms with van der Waals surface area (Å²) in [5.41, 5.74) is -0.206. The van der Waals surface area contributed by atoms with Crippen molar-refractivity contribution < 1.29 is 19.1 Å². The number of fused-ring (bicyclic) bond motifs is 1. The molecule has 2 heterocycles. The molecule has 1 saturated heterocycles. The molecule has 0 unspecified atom stereocenters. The number of aliphatic hydroxyl groups is 1. The molecule has 128 valence electrons. The molecule has 0 bridgehead atoms. The second kappa shape index (κ2) is 5.82. The molecule has 2 amide bonds. The molecule has 1 aliphatic rings. The summed E-state index contributed by atoms with van der Waals surface area (Å²) in [6.45, 7) is 3.51. The lowest BCUT2D eigenvalue weighted by Crippen LogP contribution is -2.73. The SMILES string of the molecule is CC(C)C(=O)NC1(CO)CN(C(=O)c2cc(F)cc3n[nH]nc23)C1. The number of halogens is 1. The topological polar surface area (TPSA) is 111 Å². The highest BCUT2D eigenvalue weighted by Crippen LogP contribution is 2.26. The van der Waals surface area contributed by atoms with Crippen molar-refractivity contribution in [3.05, 3.63) is 23.5 Å². The number of benzene rings is 1. The fourth-order valence-electron chi connectivity index (χ4n) is 2.70. The van der Waals surface area contributed by atoms with Crippen LogP contribution in [0.3, 0.4) is 0 Å². The molecule has 1 aromatic heterocycles. The number of H-pyrrole nitrogens is 1. The number of aromatic nitrogens is 3. The third-order valence-corrected chi connectivity index (χ3v) is 4.11. The third kappa shape index (κ3) is 2.71. The lowest BCUT2D eigenvalue weighted by Gasteiger charge is -2.49. The zero-order valence-electron chi connectivity index (χ0n) is 13.3. The predicted octanol–water partition coefficient (Wildman–Crippen LogP) is 0.0561. The predicted molar refractivity (Wildman–Crippen MR) is 82.5 cm³/mol. The molecule has 3 N–H and O–H groups in total. The van der Waals surface area contributed by atoms with Crippen LogP contribution in [0.5, 0.6) is 0 Å². The molecule has 0 atom stereocenters. The standard InChI is InChI=1S/C15H18FN5O3/c1-8(2)13(23)17-15(7-22)5-21(6-15)14(24)10-3-9(16)4-11-12(10)19-20-18-11/h3-4,8,22H,5-7H2,1-2H3,(H,17,23)(H,18,19,20). The lowest BCUT2D eigenvalue weighted by molar-refractivity contribution is -0.129. The Labute approximate surface area is 137 Å². The van der Waals surface area contributed by atoms with Gasteiger partial charge in [-0.1, -0.05) is 13.8 Å². The molecule has 8 nitrogen and oxygen atoms in total. The van der Waals surface area contributed by atoms with Crippen molar-refractivity contribution >= 4 is 22.8 Å². The number of carbonyl (C=O) groups excluding carboxylic acids is 2. The van der Waals surface area contributed by atoms with Gasteiger partial charge in [-0.05, 0) is 6.07 Å². The van der Waals surface area contributed by atoms with Crippen molar-refractivity contribution in [2.45, 2.75) is 19.4 Å².